The first-order valence-electron chi connectivity index (χ1n) is 8.48. The molecule has 2 rings (SSSR count). The molecule has 0 saturated carbocycles. The van der Waals surface area contributed by atoms with E-state index in [4.69, 9.17) is 18.6 Å². The van der Waals surface area contributed by atoms with E-state index in [2.05, 4.69) is 39.6 Å². The van der Waals surface area contributed by atoms with Crippen LogP contribution in [0.2, 0.25) is 19.6 Å². The van der Waals surface area contributed by atoms with E-state index in [-0.39, 0.29) is 0 Å². The van der Waals surface area contributed by atoms with E-state index >= 15 is 0 Å². The molecule has 138 valence electrons. The molecule has 0 saturated heterocycles. The van der Waals surface area contributed by atoms with Crippen LogP contribution in [-0.2, 0) is 25.3 Å². The largest absolute Gasteiger partial charge is 0.496 e. The Morgan fingerprint density at radius 2 is 1.68 bits per heavy atom. The first kappa shape index (κ1) is 19.9. The highest BCUT2D eigenvalue weighted by Crippen LogP contribution is 2.62. The molecule has 1 aliphatic carbocycles. The van der Waals surface area contributed by atoms with E-state index in [0.29, 0.717) is 0 Å². The van der Waals surface area contributed by atoms with Gasteiger partial charge in [-0.2, -0.15) is 0 Å². The van der Waals surface area contributed by atoms with Crippen LogP contribution in [0.3, 0.4) is 0 Å². The van der Waals surface area contributed by atoms with Crippen LogP contribution in [-0.4, -0.2) is 29.6 Å². The molecule has 0 bridgehead atoms. The maximum absolute atomic E-state index is 6.70. The molecule has 25 heavy (non-hydrogen) atoms. The third kappa shape index (κ3) is 3.22. The third-order valence-corrected chi connectivity index (χ3v) is 5.20. The molecule has 0 N–H and O–H groups in total. The molecule has 0 fully saturated rings. The van der Waals surface area contributed by atoms with Gasteiger partial charge in [-0.1, -0.05) is 29.9 Å². The SMILES string of the molecule is COc1cccc2c1C(/C=C\C=C(C)C)(O[Si](C)(C)C)C2(OC)OC. The van der Waals surface area contributed by atoms with Crippen molar-refractivity contribution in [3.63, 3.8) is 0 Å². The minimum Gasteiger partial charge on any atom is -0.496 e. The fourth-order valence-corrected chi connectivity index (χ4v) is 4.74. The number of hydrogen-bond donors (Lipinski definition) is 0. The quantitative estimate of drug-likeness (QED) is 0.399. The summed E-state index contributed by atoms with van der Waals surface area (Å²) in [6.45, 7) is 10.6. The average molecular weight is 363 g/mol. The van der Waals surface area contributed by atoms with E-state index in [1.165, 1.54) is 5.57 Å². The smallest absolute Gasteiger partial charge is 0.232 e. The lowest BCUT2D eigenvalue weighted by molar-refractivity contribution is -0.319. The summed E-state index contributed by atoms with van der Waals surface area (Å²) < 4.78 is 24.2. The van der Waals surface area contributed by atoms with Crippen molar-refractivity contribution >= 4 is 8.32 Å². The van der Waals surface area contributed by atoms with Crippen LogP contribution in [0.15, 0.2) is 42.0 Å². The summed E-state index contributed by atoms with van der Waals surface area (Å²) in [7, 11) is 3.03. The summed E-state index contributed by atoms with van der Waals surface area (Å²) >= 11 is 0. The summed E-state index contributed by atoms with van der Waals surface area (Å²) in [5.74, 6) is -0.217. The van der Waals surface area contributed by atoms with Crippen LogP contribution in [0.5, 0.6) is 5.75 Å². The van der Waals surface area contributed by atoms with E-state index in [1.54, 1.807) is 21.3 Å². The molecule has 5 heteroatoms. The Morgan fingerprint density at radius 3 is 2.16 bits per heavy atom. The summed E-state index contributed by atoms with van der Waals surface area (Å²) in [5.41, 5.74) is 2.27. The van der Waals surface area contributed by atoms with Crippen molar-refractivity contribution in [3.05, 3.63) is 53.1 Å². The highest BCUT2D eigenvalue weighted by molar-refractivity contribution is 6.69. The van der Waals surface area contributed by atoms with Crippen LogP contribution in [0, 0.1) is 0 Å². The number of rotatable bonds is 7. The molecule has 1 unspecified atom stereocenters. The van der Waals surface area contributed by atoms with Gasteiger partial charge in [-0.05, 0) is 45.6 Å². The number of ether oxygens (including phenoxy) is 3. The molecule has 0 spiro atoms. The van der Waals surface area contributed by atoms with Crippen molar-refractivity contribution in [2.24, 2.45) is 0 Å². The molecule has 0 aromatic heterocycles. The Morgan fingerprint density at radius 1 is 1.04 bits per heavy atom. The van der Waals surface area contributed by atoms with Crippen molar-refractivity contribution in [3.8, 4) is 5.75 Å². The van der Waals surface area contributed by atoms with Gasteiger partial charge in [0.15, 0.2) is 13.9 Å². The molecule has 1 atom stereocenters. The zero-order chi connectivity index (χ0) is 18.9. The number of hydrogen-bond acceptors (Lipinski definition) is 4. The van der Waals surface area contributed by atoms with Gasteiger partial charge in [-0.3, -0.25) is 0 Å². The molecule has 0 radical (unpaired) electrons. The lowest BCUT2D eigenvalue weighted by atomic mass is 9.66. The van der Waals surface area contributed by atoms with Crippen LogP contribution < -0.4 is 4.74 Å². The first-order chi connectivity index (χ1) is 11.7. The van der Waals surface area contributed by atoms with Gasteiger partial charge in [-0.25, -0.2) is 0 Å². The fourth-order valence-electron chi connectivity index (χ4n) is 3.47. The second-order valence-electron chi connectivity index (χ2n) is 7.46. The van der Waals surface area contributed by atoms with Gasteiger partial charge >= 0.3 is 0 Å². The van der Waals surface area contributed by atoms with E-state index in [1.807, 2.05) is 30.4 Å². The predicted molar refractivity (Wildman–Crippen MR) is 103 cm³/mol. The second kappa shape index (κ2) is 7.07. The van der Waals surface area contributed by atoms with Gasteiger partial charge in [0.25, 0.3) is 0 Å². The van der Waals surface area contributed by atoms with Gasteiger partial charge in [0, 0.05) is 25.3 Å². The van der Waals surface area contributed by atoms with Gasteiger partial charge in [0.2, 0.25) is 5.79 Å². The zero-order valence-corrected chi connectivity index (χ0v) is 17.6. The van der Waals surface area contributed by atoms with Gasteiger partial charge in [-0.15, -0.1) is 0 Å². The van der Waals surface area contributed by atoms with Gasteiger partial charge in [0.1, 0.15) is 5.75 Å². The molecule has 1 aliphatic rings. The van der Waals surface area contributed by atoms with Crippen LogP contribution in [0.25, 0.3) is 0 Å². The van der Waals surface area contributed by atoms with Crippen molar-refractivity contribution in [2.45, 2.75) is 44.9 Å². The number of fused-ring (bicyclic) bond motifs is 1. The normalized spacial score (nSPS) is 21.6. The van der Waals surface area contributed by atoms with Crippen molar-refractivity contribution in [1.29, 1.82) is 0 Å². The van der Waals surface area contributed by atoms with Crippen molar-refractivity contribution < 1.29 is 18.6 Å². The van der Waals surface area contributed by atoms with Gasteiger partial charge in [0.05, 0.1) is 7.11 Å². The Labute approximate surface area is 152 Å². The van der Waals surface area contributed by atoms with Crippen LogP contribution >= 0.6 is 0 Å². The van der Waals surface area contributed by atoms with Crippen LogP contribution in [0.1, 0.15) is 25.0 Å². The predicted octanol–water partition coefficient (Wildman–Crippen LogP) is 4.72. The monoisotopic (exact) mass is 362 g/mol. The molecule has 1 aromatic carbocycles. The minimum atomic E-state index is -1.95. The molecule has 0 amide bonds. The lowest BCUT2D eigenvalue weighted by Gasteiger charge is -2.58. The summed E-state index contributed by atoms with van der Waals surface area (Å²) in [5, 5.41) is 0. The van der Waals surface area contributed by atoms with Crippen molar-refractivity contribution in [2.75, 3.05) is 21.3 Å². The topological polar surface area (TPSA) is 36.9 Å². The van der Waals surface area contributed by atoms with Gasteiger partial charge < -0.3 is 18.6 Å². The fraction of sp³-hybridized carbons (Fsp3) is 0.500. The van der Waals surface area contributed by atoms with Crippen molar-refractivity contribution in [1.82, 2.24) is 0 Å². The Kier molecular flexibility index (Phi) is 5.64. The maximum Gasteiger partial charge on any atom is 0.232 e. The summed E-state index contributed by atoms with van der Waals surface area (Å²) in [4.78, 5) is 0. The molecule has 0 heterocycles. The summed E-state index contributed by atoms with van der Waals surface area (Å²) in [6.07, 6.45) is 6.10. The van der Waals surface area contributed by atoms with E-state index in [0.717, 1.165) is 16.9 Å². The zero-order valence-electron chi connectivity index (χ0n) is 16.6. The molecular formula is C20H30O4Si. The Bertz CT molecular complexity index is 679. The molecule has 1 aromatic rings. The minimum absolute atomic E-state index is 0.780. The number of allylic oxidation sites excluding steroid dienone is 3. The number of benzene rings is 1. The standard InChI is InChI=1S/C20H30O4Si/c1-15(2)11-10-14-19(24-25(6,7)8)18-16(20(19,22-4)23-5)12-9-13-17(18)21-3/h9-14H,1-8H3/b14-10-. The second-order valence-corrected chi connectivity index (χ2v) is 11.9. The average Bonchev–Trinajstić information content (AvgIpc) is 2.53. The Hall–Kier alpha value is -1.40. The molecular weight excluding hydrogens is 332 g/mol. The highest BCUT2D eigenvalue weighted by atomic mass is 28.4. The first-order valence-corrected chi connectivity index (χ1v) is 11.9. The lowest BCUT2D eigenvalue weighted by Crippen LogP contribution is -2.64. The maximum atomic E-state index is 6.70. The van der Waals surface area contributed by atoms with Crippen LogP contribution in [0.4, 0.5) is 0 Å². The highest BCUT2D eigenvalue weighted by Gasteiger charge is 2.67. The van der Waals surface area contributed by atoms with E-state index < -0.39 is 19.7 Å². The Balaban J connectivity index is 2.76. The molecule has 4 nitrogen and oxygen atoms in total. The molecule has 0 aliphatic heterocycles. The van der Waals surface area contributed by atoms with E-state index in [9.17, 15) is 0 Å². The third-order valence-electron chi connectivity index (χ3n) is 4.26. The summed E-state index contributed by atoms with van der Waals surface area (Å²) in [6, 6.07) is 5.90. The number of methoxy groups -OCH3 is 3.